The average molecular weight is 1310 g/mol. The van der Waals surface area contributed by atoms with Gasteiger partial charge in [0.2, 0.25) is 6.04 Å². The maximum Gasteiger partial charge on any atom is 0.420 e. The summed E-state index contributed by atoms with van der Waals surface area (Å²) in [4.78, 5) is 92.6. The number of carbonyl (C=O) groups is 6. The third-order valence-electron chi connectivity index (χ3n) is 17.5. The Morgan fingerprint density at radius 3 is 0.990 bits per heavy atom. The molecule has 4 aliphatic rings. The number of aryl methyl sites for hydroxylation is 4. The molecule has 4 unspecified atom stereocenters. The number of ether oxygens (including phenoxy) is 8. The lowest BCUT2D eigenvalue weighted by molar-refractivity contribution is -0.188. The Hall–Kier alpha value is -11.6. The van der Waals surface area contributed by atoms with Crippen molar-refractivity contribution in [3.63, 3.8) is 0 Å². The van der Waals surface area contributed by atoms with Crippen molar-refractivity contribution < 1.29 is 79.8 Å². The Kier molecular flexibility index (Phi) is 15.3. The van der Waals surface area contributed by atoms with E-state index >= 15 is 32.3 Å². The van der Waals surface area contributed by atoms with Gasteiger partial charge in [0.05, 0.1) is 47.7 Å². The third kappa shape index (κ3) is 11.6. The van der Waals surface area contributed by atoms with Crippen LogP contribution < -0.4 is 39.1 Å². The van der Waals surface area contributed by atoms with E-state index in [1.807, 2.05) is 27.7 Å². The van der Waals surface area contributed by atoms with Gasteiger partial charge in [-0.15, -0.1) is 0 Å². The maximum absolute atomic E-state index is 16.1. The van der Waals surface area contributed by atoms with Gasteiger partial charge in [-0.1, -0.05) is 70.8 Å². The number of rotatable bonds is 20. The van der Waals surface area contributed by atoms with Crippen LogP contribution in [-0.4, -0.2) is 102 Å². The van der Waals surface area contributed by atoms with Crippen LogP contribution in [0.4, 0.5) is 24.5 Å². The SMILES string of the molecule is Cc1ccc(Oc2cc3c4c(cc(Oc5ccc(C)cc5)c5c6c(Oc7ccc(C)cc7)cc7c8c(cc(Oc9ccc(C)cc9)c(c2c45)c86)C(=O)N(C(C(=O)Oc2ccc(NCC4CO4)cc2)C(F)(F)F)C7=O)C(=O)N(C(C)C(=O)Oc2ccc(NCC4CO4)cc2)C3=O)cc1. The molecule has 0 aromatic heterocycles. The van der Waals surface area contributed by atoms with Crippen molar-refractivity contribution in [3.05, 3.63) is 214 Å². The van der Waals surface area contributed by atoms with Crippen molar-refractivity contribution in [3.8, 4) is 57.5 Å². The van der Waals surface area contributed by atoms with Gasteiger partial charge < -0.3 is 48.5 Å². The number of fused-ring (bicyclic) bond motifs is 2. The predicted octanol–water partition coefficient (Wildman–Crippen LogP) is 15.5. The van der Waals surface area contributed by atoms with Gasteiger partial charge in [0, 0.05) is 67.6 Å². The molecule has 0 saturated carbocycles. The number of benzene rings is 11. The number of imide groups is 2. The number of esters is 2. The quantitative estimate of drug-likeness (QED) is 0.0181. The molecule has 4 atom stereocenters. The molecule has 21 heteroatoms. The van der Waals surface area contributed by atoms with Gasteiger partial charge in [0.1, 0.15) is 63.5 Å². The summed E-state index contributed by atoms with van der Waals surface area (Å²) in [5.41, 5.74) is 3.43. The number of epoxide rings is 2. The second-order valence-electron chi connectivity index (χ2n) is 24.5. The van der Waals surface area contributed by atoms with Gasteiger partial charge in [0.15, 0.2) is 0 Å². The van der Waals surface area contributed by atoms with E-state index in [0.29, 0.717) is 32.0 Å². The Bertz CT molecular complexity index is 4830. The number of hydrogen-bond acceptors (Lipinski definition) is 16. The zero-order valence-corrected chi connectivity index (χ0v) is 52.5. The zero-order valence-electron chi connectivity index (χ0n) is 52.5. The molecule has 4 heterocycles. The molecule has 0 spiro atoms. The summed E-state index contributed by atoms with van der Waals surface area (Å²) < 4.78 is 97.9. The van der Waals surface area contributed by atoms with E-state index in [1.54, 1.807) is 121 Å². The minimum Gasteiger partial charge on any atom is -0.457 e. The first-order chi connectivity index (χ1) is 46.7. The van der Waals surface area contributed by atoms with E-state index < -0.39 is 65.0 Å². The van der Waals surface area contributed by atoms with Gasteiger partial charge in [-0.3, -0.25) is 29.0 Å². The fourth-order valence-electron chi connectivity index (χ4n) is 12.4. The van der Waals surface area contributed by atoms with E-state index in [-0.39, 0.29) is 129 Å². The fourth-order valence-corrected chi connectivity index (χ4v) is 12.4. The molecule has 4 aliphatic heterocycles. The monoisotopic (exact) mass is 1310 g/mol. The lowest BCUT2D eigenvalue weighted by Crippen LogP contribution is -2.58. The molecule has 0 bridgehead atoms. The summed E-state index contributed by atoms with van der Waals surface area (Å²) in [7, 11) is 0. The van der Waals surface area contributed by atoms with Crippen LogP contribution in [0.25, 0.3) is 43.1 Å². The maximum atomic E-state index is 16.1. The molecule has 97 heavy (non-hydrogen) atoms. The molecule has 18 nitrogen and oxygen atoms in total. The molecular weight excluding hydrogens is 1250 g/mol. The van der Waals surface area contributed by atoms with Crippen LogP contribution in [0.1, 0.15) is 70.6 Å². The molecule has 2 N–H and O–H groups in total. The fraction of sp³-hybridized carbons (Fsp3) is 0.184. The average Bonchev–Trinajstić information content (AvgIpc) is 1.14. The second kappa shape index (κ2) is 24.0. The van der Waals surface area contributed by atoms with Gasteiger partial charge in [-0.25, -0.2) is 9.59 Å². The van der Waals surface area contributed by atoms with Crippen molar-refractivity contribution >= 4 is 90.0 Å². The molecule has 11 aromatic carbocycles. The number of nitrogens with one attached hydrogen (secondary N) is 2. The summed E-state index contributed by atoms with van der Waals surface area (Å²) in [5.74, 6) is -7.73. The number of hydrogen-bond donors (Lipinski definition) is 2. The van der Waals surface area contributed by atoms with Gasteiger partial charge in [0.25, 0.3) is 23.6 Å². The lowest BCUT2D eigenvalue weighted by Gasteiger charge is -2.35. The number of anilines is 2. The van der Waals surface area contributed by atoms with Crippen LogP contribution >= 0.6 is 0 Å². The summed E-state index contributed by atoms with van der Waals surface area (Å²) >= 11 is 0. The van der Waals surface area contributed by atoms with Crippen molar-refractivity contribution in [1.82, 2.24) is 9.80 Å². The molecule has 2 saturated heterocycles. The molecule has 4 amide bonds. The first kappa shape index (κ1) is 61.6. The highest BCUT2D eigenvalue weighted by molar-refractivity contribution is 6.45. The Morgan fingerprint density at radius 1 is 0.423 bits per heavy atom. The second-order valence-corrected chi connectivity index (χ2v) is 24.5. The summed E-state index contributed by atoms with van der Waals surface area (Å²) in [6.07, 6.45) is -5.52. The molecule has 0 aliphatic carbocycles. The van der Waals surface area contributed by atoms with Crippen LogP contribution in [0.3, 0.4) is 0 Å². The number of nitrogens with zero attached hydrogens (tertiary/aromatic N) is 2. The molecule has 15 rings (SSSR count). The van der Waals surface area contributed by atoms with Crippen LogP contribution in [0.2, 0.25) is 0 Å². The van der Waals surface area contributed by atoms with Crippen molar-refractivity contribution in [2.45, 2.75) is 65.1 Å². The Morgan fingerprint density at radius 2 is 0.701 bits per heavy atom. The first-order valence-electron chi connectivity index (χ1n) is 31.2. The van der Waals surface area contributed by atoms with Gasteiger partial charge in [-0.2, -0.15) is 13.2 Å². The highest BCUT2D eigenvalue weighted by Crippen LogP contribution is 2.58. The van der Waals surface area contributed by atoms with Gasteiger partial charge in [-0.05, 0) is 156 Å². The smallest absolute Gasteiger partial charge is 0.420 e. The number of carbonyl (C=O) groups excluding carboxylic acids is 6. The molecular formula is C76H57F3N4O14. The largest absolute Gasteiger partial charge is 0.457 e. The van der Waals surface area contributed by atoms with E-state index in [2.05, 4.69) is 10.6 Å². The van der Waals surface area contributed by atoms with Crippen LogP contribution in [-0.2, 0) is 19.1 Å². The molecule has 0 radical (unpaired) electrons. The summed E-state index contributed by atoms with van der Waals surface area (Å²) in [6, 6.07) is 39.8. The number of halogens is 3. The summed E-state index contributed by atoms with van der Waals surface area (Å²) in [6.45, 7) is 11.1. The highest BCUT2D eigenvalue weighted by atomic mass is 19.4. The van der Waals surface area contributed by atoms with Crippen LogP contribution in [0.15, 0.2) is 170 Å². The summed E-state index contributed by atoms with van der Waals surface area (Å²) in [5, 5.41) is 6.72. The minimum atomic E-state index is -5.63. The van der Waals surface area contributed by atoms with Crippen molar-refractivity contribution in [2.24, 2.45) is 0 Å². The number of alkyl halides is 3. The number of amides is 4. The van der Waals surface area contributed by atoms with E-state index in [1.165, 1.54) is 55.5 Å². The molecule has 11 aromatic rings. The Labute approximate surface area is 551 Å². The first-order valence-corrected chi connectivity index (χ1v) is 31.2. The normalized spacial score (nSPS) is 16.2. The van der Waals surface area contributed by atoms with Crippen LogP contribution in [0, 0.1) is 27.7 Å². The highest BCUT2D eigenvalue weighted by Gasteiger charge is 2.56. The van der Waals surface area contributed by atoms with E-state index in [0.717, 1.165) is 32.8 Å². The van der Waals surface area contributed by atoms with Crippen molar-refractivity contribution in [1.29, 1.82) is 0 Å². The zero-order chi connectivity index (χ0) is 67.3. The molecule has 486 valence electrons. The topological polar surface area (TPSA) is 213 Å². The molecule has 2 fully saturated rings. The van der Waals surface area contributed by atoms with Crippen molar-refractivity contribution in [2.75, 3.05) is 36.9 Å². The van der Waals surface area contributed by atoms with Crippen LogP contribution in [0.5, 0.6) is 57.5 Å². The predicted molar refractivity (Wildman–Crippen MR) is 354 cm³/mol. The minimum absolute atomic E-state index is 0.00100. The van der Waals surface area contributed by atoms with Gasteiger partial charge >= 0.3 is 18.1 Å². The Balaban J connectivity index is 0.998. The standard InChI is InChI=1S/C76H57F3N4O14/c1-38-6-18-45(19-7-38)92-57-30-53-61-54(71(85)82(70(53)84)42(5)74(88)96-49-26-14-43(15-27-49)80-34-51-36-90-51)31-58(93-46-20-8-39(2)9-21-46)64-66-60(95-48-24-12-41(4)13-25-48)33-56-62-55(32-59(65(68(62)66)63(57)67(61)64)94-47-22-10-40(3)11-23-47)72(86)83(73(56)87)69(76(77,78)79)75(89)97-50-28-16-44(17-29-50)81-35-52-37-91-52/h6-33,42,51-52,69,80-81H,34-37H2,1-5H3. The lowest BCUT2D eigenvalue weighted by atomic mass is 9.80. The third-order valence-corrected chi connectivity index (χ3v) is 17.5. The van der Waals surface area contributed by atoms with E-state index in [4.69, 9.17) is 37.9 Å². The van der Waals surface area contributed by atoms with E-state index in [9.17, 15) is 9.59 Å².